The molecule has 0 bridgehead atoms. The molecule has 1 amide bonds. The molecule has 0 aliphatic heterocycles. The first kappa shape index (κ1) is 38.5. The highest BCUT2D eigenvalue weighted by atomic mass is 32.2. The second-order valence-corrected chi connectivity index (χ2v) is 13.3. The van der Waals surface area contributed by atoms with Crippen molar-refractivity contribution in [2.75, 3.05) is 18.1 Å². The Morgan fingerprint density at radius 2 is 1.57 bits per heavy atom. The molecule has 2 N–H and O–H groups in total. The Hall–Kier alpha value is -4.70. The summed E-state index contributed by atoms with van der Waals surface area (Å²) in [5.74, 6) is -2.40. The second kappa shape index (κ2) is 18.4. The summed E-state index contributed by atoms with van der Waals surface area (Å²) >= 11 is 0. The molecule has 16 heteroatoms. The molecule has 0 saturated carbocycles. The largest absolute Gasteiger partial charge is 0.435 e. The van der Waals surface area contributed by atoms with Gasteiger partial charge >= 0.3 is 6.61 Å². The van der Waals surface area contributed by atoms with Crippen molar-refractivity contribution < 1.29 is 44.4 Å². The fourth-order valence-corrected chi connectivity index (χ4v) is 5.34. The van der Waals surface area contributed by atoms with Gasteiger partial charge in [0.2, 0.25) is 11.7 Å². The lowest BCUT2D eigenvalue weighted by Crippen LogP contribution is -2.41. The Morgan fingerprint density at radius 1 is 0.957 bits per heavy atom. The number of Topliss-reactive ketones (excluding diaryl/α,β-unsaturated/α-hetero) is 1. The monoisotopic (exact) mass is 694 g/mol. The standard InChI is InChI=1S/C21H22N4O7S2.C8H8F2O.C2H6/c1-2-33(28,29)13-17(23-14-24-34(30,31)15-8-4-3-5-9-15)20(27)22-12-18(26)21-25-16-10-6-7-11-19(16)32-21;1-6-4-2-3-5-7(6)11-8(9)10;1-2/h3-11,14,17H,2,12-13H2,1H3,(H,22,27)(H,23,24);2-5,8H,1H3;1-2H3. The number of nitrogens with zero attached hydrogens (tertiary/aromatic N) is 2. The van der Waals surface area contributed by atoms with Crippen LogP contribution in [0.25, 0.3) is 11.1 Å². The van der Waals surface area contributed by atoms with Crippen molar-refractivity contribution in [1.82, 2.24) is 15.0 Å². The Balaban J connectivity index is 0.000000496. The van der Waals surface area contributed by atoms with E-state index in [-0.39, 0.29) is 22.3 Å². The van der Waals surface area contributed by atoms with Gasteiger partial charge in [-0.25, -0.2) is 21.8 Å². The third-order valence-electron chi connectivity index (χ3n) is 5.94. The van der Waals surface area contributed by atoms with Crippen LogP contribution in [-0.2, 0) is 24.7 Å². The maximum atomic E-state index is 12.6. The highest BCUT2D eigenvalue weighted by Crippen LogP contribution is 2.18. The van der Waals surface area contributed by atoms with E-state index in [0.29, 0.717) is 16.7 Å². The highest BCUT2D eigenvalue weighted by molar-refractivity contribution is 7.91. The number of carbonyl (C=O) groups excluding carboxylic acids is 2. The fourth-order valence-electron chi connectivity index (χ4n) is 3.54. The van der Waals surface area contributed by atoms with Crippen LogP contribution < -0.4 is 14.8 Å². The Kier molecular flexibility index (Phi) is 15.1. The van der Waals surface area contributed by atoms with Gasteiger partial charge in [-0.1, -0.05) is 69.3 Å². The van der Waals surface area contributed by atoms with E-state index in [9.17, 15) is 35.2 Å². The van der Waals surface area contributed by atoms with Gasteiger partial charge in [-0.2, -0.15) is 8.78 Å². The van der Waals surface area contributed by atoms with E-state index in [1.807, 2.05) is 13.8 Å². The molecule has 0 aliphatic rings. The number of amides is 1. The molecule has 4 aromatic rings. The van der Waals surface area contributed by atoms with Crippen molar-refractivity contribution in [3.63, 3.8) is 0 Å². The summed E-state index contributed by atoms with van der Waals surface area (Å²) < 4.78 is 83.7. The summed E-state index contributed by atoms with van der Waals surface area (Å²) in [5.41, 5.74) is 1.59. The van der Waals surface area contributed by atoms with Crippen molar-refractivity contribution in [2.45, 2.75) is 45.2 Å². The summed E-state index contributed by atoms with van der Waals surface area (Å²) in [5, 5.41) is 2.31. The van der Waals surface area contributed by atoms with Gasteiger partial charge in [0.25, 0.3) is 15.9 Å². The number of hydrogen-bond acceptors (Lipinski definition) is 10. The smallest absolute Gasteiger partial charge is 0.387 e. The topological polar surface area (TPSA) is 174 Å². The number of oxazole rings is 1. The quantitative estimate of drug-likeness (QED) is 0.116. The Morgan fingerprint density at radius 3 is 2.19 bits per heavy atom. The van der Waals surface area contributed by atoms with Gasteiger partial charge in [-0.15, -0.1) is 0 Å². The van der Waals surface area contributed by atoms with Crippen molar-refractivity contribution in [3.05, 3.63) is 90.3 Å². The molecular weight excluding hydrogens is 658 g/mol. The summed E-state index contributed by atoms with van der Waals surface area (Å²) in [6, 6.07) is 19.3. The molecule has 1 atom stereocenters. The lowest BCUT2D eigenvalue weighted by molar-refractivity contribution is -0.121. The van der Waals surface area contributed by atoms with Crippen molar-refractivity contribution >= 4 is 49.0 Å². The normalized spacial score (nSPS) is 12.0. The number of hydrogen-bond donors (Lipinski definition) is 2. The third kappa shape index (κ3) is 12.5. The maximum Gasteiger partial charge on any atom is 0.387 e. The van der Waals surface area contributed by atoms with Crippen molar-refractivity contribution in [1.29, 1.82) is 0 Å². The average Bonchev–Trinajstić information content (AvgIpc) is 3.50. The fraction of sp³-hybridized carbons (Fsp3) is 0.290. The molecule has 0 spiro atoms. The predicted molar refractivity (Wildman–Crippen MR) is 174 cm³/mol. The first-order chi connectivity index (χ1) is 22.3. The van der Waals surface area contributed by atoms with Gasteiger partial charge in [0.1, 0.15) is 17.3 Å². The van der Waals surface area contributed by atoms with Gasteiger partial charge in [-0.3, -0.25) is 19.3 Å². The van der Waals surface area contributed by atoms with Crippen LogP contribution in [0.1, 0.15) is 37.0 Å². The predicted octanol–water partition coefficient (Wildman–Crippen LogP) is 4.56. The molecular formula is C31H36F2N4O8S2. The molecule has 1 unspecified atom stereocenters. The van der Waals surface area contributed by atoms with Crippen LogP contribution in [0.3, 0.4) is 0 Å². The maximum absolute atomic E-state index is 12.6. The minimum absolute atomic E-state index is 0.0347. The van der Waals surface area contributed by atoms with Crippen molar-refractivity contribution in [3.8, 4) is 5.75 Å². The molecule has 1 aromatic heterocycles. The SMILES string of the molecule is CC.CCS(=O)(=O)CC(N=CNS(=O)(=O)c1ccccc1)C(=O)NCC(=O)c1nc2ccccc2o1.Cc1ccccc1OC(F)F. The minimum Gasteiger partial charge on any atom is -0.435 e. The number of sulfone groups is 1. The minimum atomic E-state index is -3.96. The van der Waals surface area contributed by atoms with E-state index in [1.54, 1.807) is 55.5 Å². The summed E-state index contributed by atoms with van der Waals surface area (Å²) in [4.78, 5) is 32.8. The second-order valence-electron chi connectivity index (χ2n) is 9.20. The number of aliphatic imine (C=N–C) groups is 1. The first-order valence-electron chi connectivity index (χ1n) is 14.3. The lowest BCUT2D eigenvalue weighted by Gasteiger charge is -2.12. The van der Waals surface area contributed by atoms with Gasteiger partial charge in [-0.05, 0) is 42.8 Å². The zero-order chi connectivity index (χ0) is 35.0. The number of alkyl halides is 2. The highest BCUT2D eigenvalue weighted by Gasteiger charge is 2.25. The number of para-hydroxylation sites is 3. The summed E-state index contributed by atoms with van der Waals surface area (Å²) in [7, 11) is -7.62. The van der Waals surface area contributed by atoms with Crippen LogP contribution in [-0.4, -0.2) is 70.6 Å². The Labute approximate surface area is 272 Å². The average molecular weight is 695 g/mol. The van der Waals surface area contributed by atoms with E-state index >= 15 is 0 Å². The number of sulfonamides is 1. The third-order valence-corrected chi connectivity index (χ3v) is 8.95. The zero-order valence-corrected chi connectivity index (χ0v) is 27.7. The van der Waals surface area contributed by atoms with Crippen LogP contribution >= 0.6 is 0 Å². The number of benzene rings is 3. The number of rotatable bonds is 13. The van der Waals surface area contributed by atoms with E-state index in [2.05, 4.69) is 24.8 Å². The van der Waals surface area contributed by atoms with Crippen LogP contribution in [0.5, 0.6) is 5.75 Å². The van der Waals surface area contributed by atoms with E-state index in [1.165, 1.54) is 37.3 Å². The number of ether oxygens (including phenoxy) is 1. The van der Waals surface area contributed by atoms with Crippen LogP contribution in [0.2, 0.25) is 0 Å². The number of nitrogens with one attached hydrogen (secondary N) is 2. The van der Waals surface area contributed by atoms with Crippen LogP contribution in [0.4, 0.5) is 8.78 Å². The molecule has 12 nitrogen and oxygen atoms in total. The molecule has 0 aliphatic carbocycles. The number of halogens is 2. The number of aromatic nitrogens is 1. The number of fused-ring (bicyclic) bond motifs is 1. The molecule has 254 valence electrons. The molecule has 4 rings (SSSR count). The van der Waals surface area contributed by atoms with Gasteiger partial charge in [0.05, 0.1) is 23.5 Å². The molecule has 47 heavy (non-hydrogen) atoms. The van der Waals surface area contributed by atoms with E-state index in [4.69, 9.17) is 4.42 Å². The van der Waals surface area contributed by atoms with Gasteiger partial charge in [0.15, 0.2) is 15.4 Å². The summed E-state index contributed by atoms with van der Waals surface area (Å²) in [6.45, 7) is 3.87. The molecule has 0 fully saturated rings. The van der Waals surface area contributed by atoms with Gasteiger partial charge in [0, 0.05) is 5.75 Å². The van der Waals surface area contributed by atoms with Gasteiger partial charge < -0.3 is 14.5 Å². The number of aryl methyl sites for hydroxylation is 1. The Bertz CT molecular complexity index is 1820. The van der Waals surface area contributed by atoms with E-state index < -0.39 is 56.5 Å². The number of ketones is 1. The molecule has 0 saturated heterocycles. The van der Waals surface area contributed by atoms with E-state index in [0.717, 1.165) is 6.34 Å². The van der Waals surface area contributed by atoms with Crippen LogP contribution in [0.15, 0.2) is 93.2 Å². The molecule has 1 heterocycles. The molecule has 3 aromatic carbocycles. The lowest BCUT2D eigenvalue weighted by atomic mass is 10.2. The van der Waals surface area contributed by atoms with Crippen molar-refractivity contribution in [2.24, 2.45) is 4.99 Å². The first-order valence-corrected chi connectivity index (χ1v) is 17.6. The van der Waals surface area contributed by atoms with Crippen LogP contribution in [0, 0.1) is 6.92 Å². The molecule has 0 radical (unpaired) electrons. The zero-order valence-electron chi connectivity index (χ0n) is 26.1. The number of carbonyl (C=O) groups is 2. The summed E-state index contributed by atoms with van der Waals surface area (Å²) in [6.07, 6.45) is 0.750.